The Morgan fingerprint density at radius 2 is 1.59 bits per heavy atom. The lowest BCUT2D eigenvalue weighted by atomic mass is 9.79. The maximum atomic E-state index is 10.8. The Balaban J connectivity index is 1.91. The molecule has 0 saturated carbocycles. The molecule has 1 amide bonds. The van der Waals surface area contributed by atoms with Crippen molar-refractivity contribution in [3.63, 3.8) is 0 Å². The van der Waals surface area contributed by atoms with E-state index in [1.165, 1.54) is 6.92 Å². The van der Waals surface area contributed by atoms with Crippen LogP contribution in [0.1, 0.15) is 34.6 Å². The zero-order valence-electron chi connectivity index (χ0n) is 14.0. The van der Waals surface area contributed by atoms with Gasteiger partial charge in [-0.3, -0.25) is 4.79 Å². The fourth-order valence-corrected chi connectivity index (χ4v) is 2.18. The second-order valence-corrected chi connectivity index (χ2v) is 6.62. The summed E-state index contributed by atoms with van der Waals surface area (Å²) in [6.45, 7) is 11.0. The molecule has 1 aliphatic heterocycles. The summed E-state index contributed by atoms with van der Waals surface area (Å²) in [5.74, 6) is -0.0158. The monoisotopic (exact) mass is 304 g/mol. The first-order valence-corrected chi connectivity index (χ1v) is 7.65. The lowest BCUT2D eigenvalue weighted by Crippen LogP contribution is -2.41. The van der Waals surface area contributed by atoms with Crippen LogP contribution >= 0.6 is 0 Å². The molecule has 2 N–H and O–H groups in total. The summed E-state index contributed by atoms with van der Waals surface area (Å²) in [6.07, 6.45) is 0. The van der Waals surface area contributed by atoms with Crippen LogP contribution in [-0.4, -0.2) is 37.3 Å². The molecule has 0 unspecified atom stereocenters. The van der Waals surface area contributed by atoms with Crippen LogP contribution in [0.3, 0.4) is 0 Å². The highest BCUT2D eigenvalue weighted by Crippen LogP contribution is 2.36. The Bertz CT molecular complexity index is 513. The number of rotatable bonds is 5. The smallest absolute Gasteiger partial charge is 0.399 e. The van der Waals surface area contributed by atoms with Gasteiger partial charge in [0.05, 0.1) is 11.2 Å². The molecule has 0 bridgehead atoms. The Kier molecular flexibility index (Phi) is 4.82. The number of anilines is 1. The van der Waals surface area contributed by atoms with E-state index in [1.54, 1.807) is 0 Å². The van der Waals surface area contributed by atoms with Crippen LogP contribution in [-0.2, 0) is 14.1 Å². The number of amides is 1. The highest BCUT2D eigenvalue weighted by atomic mass is 16.7. The van der Waals surface area contributed by atoms with Gasteiger partial charge in [-0.25, -0.2) is 0 Å². The standard InChI is InChI=1S/C16H25BN2O3/c1-12(20)18-10-11-19-14-8-6-13(7-9-14)17-21-15(2,3)16(4,5)22-17/h6-9,19H,10-11H2,1-5H3,(H,18,20). The van der Waals surface area contributed by atoms with Gasteiger partial charge in [-0.15, -0.1) is 0 Å². The van der Waals surface area contributed by atoms with Gasteiger partial charge in [0.2, 0.25) is 5.91 Å². The van der Waals surface area contributed by atoms with E-state index in [4.69, 9.17) is 9.31 Å². The highest BCUT2D eigenvalue weighted by molar-refractivity contribution is 6.62. The van der Waals surface area contributed by atoms with Crippen LogP contribution in [0.25, 0.3) is 0 Å². The van der Waals surface area contributed by atoms with Crippen LogP contribution in [0.15, 0.2) is 24.3 Å². The number of carbonyl (C=O) groups is 1. The quantitative estimate of drug-likeness (QED) is 0.640. The van der Waals surface area contributed by atoms with E-state index >= 15 is 0 Å². The van der Waals surface area contributed by atoms with E-state index in [2.05, 4.69) is 10.6 Å². The number of nitrogens with one attached hydrogen (secondary N) is 2. The molecule has 1 aromatic carbocycles. The van der Waals surface area contributed by atoms with Crippen molar-refractivity contribution in [1.82, 2.24) is 5.32 Å². The van der Waals surface area contributed by atoms with Gasteiger partial charge in [0, 0.05) is 25.7 Å². The molecule has 1 aromatic rings. The SMILES string of the molecule is CC(=O)NCCNc1ccc(B2OC(C)(C)C(C)(C)O2)cc1. The molecule has 2 rings (SSSR count). The lowest BCUT2D eigenvalue weighted by molar-refractivity contribution is -0.118. The first-order chi connectivity index (χ1) is 10.2. The van der Waals surface area contributed by atoms with E-state index in [-0.39, 0.29) is 24.2 Å². The van der Waals surface area contributed by atoms with Crippen LogP contribution in [0.4, 0.5) is 5.69 Å². The molecule has 22 heavy (non-hydrogen) atoms. The number of benzene rings is 1. The minimum atomic E-state index is -0.335. The molecule has 0 aromatic heterocycles. The van der Waals surface area contributed by atoms with E-state index in [0.717, 1.165) is 11.2 Å². The molecule has 0 aliphatic carbocycles. The normalized spacial score (nSPS) is 19.0. The topological polar surface area (TPSA) is 59.6 Å². The van der Waals surface area contributed by atoms with E-state index in [9.17, 15) is 4.79 Å². The largest absolute Gasteiger partial charge is 0.494 e. The van der Waals surface area contributed by atoms with Crippen molar-refractivity contribution in [3.8, 4) is 0 Å². The van der Waals surface area contributed by atoms with Gasteiger partial charge in [0.25, 0.3) is 0 Å². The van der Waals surface area contributed by atoms with Crippen molar-refractivity contribution in [3.05, 3.63) is 24.3 Å². The van der Waals surface area contributed by atoms with Gasteiger partial charge in [-0.2, -0.15) is 0 Å². The van der Waals surface area contributed by atoms with Gasteiger partial charge in [0.15, 0.2) is 0 Å². The summed E-state index contributed by atoms with van der Waals surface area (Å²) in [5, 5.41) is 6.00. The Hall–Kier alpha value is -1.53. The summed E-state index contributed by atoms with van der Waals surface area (Å²) < 4.78 is 12.0. The van der Waals surface area contributed by atoms with Crippen molar-refractivity contribution < 1.29 is 14.1 Å². The van der Waals surface area contributed by atoms with E-state index in [1.807, 2.05) is 52.0 Å². The van der Waals surface area contributed by atoms with Crippen molar-refractivity contribution in [1.29, 1.82) is 0 Å². The molecular formula is C16H25BN2O3. The first kappa shape index (κ1) is 16.8. The maximum Gasteiger partial charge on any atom is 0.494 e. The summed E-state index contributed by atoms with van der Waals surface area (Å²) in [4.78, 5) is 10.8. The minimum Gasteiger partial charge on any atom is -0.399 e. The molecule has 0 atom stereocenters. The maximum absolute atomic E-state index is 10.8. The Morgan fingerprint density at radius 1 is 1.05 bits per heavy atom. The van der Waals surface area contributed by atoms with Crippen LogP contribution in [0.5, 0.6) is 0 Å². The zero-order chi connectivity index (χ0) is 16.4. The number of hydrogen-bond acceptors (Lipinski definition) is 4. The zero-order valence-corrected chi connectivity index (χ0v) is 14.0. The van der Waals surface area contributed by atoms with Crippen LogP contribution in [0, 0.1) is 0 Å². The average molecular weight is 304 g/mol. The van der Waals surface area contributed by atoms with Crippen LogP contribution < -0.4 is 16.1 Å². The van der Waals surface area contributed by atoms with Gasteiger partial charge in [0.1, 0.15) is 0 Å². The van der Waals surface area contributed by atoms with Gasteiger partial charge < -0.3 is 19.9 Å². The summed E-state index contributed by atoms with van der Waals surface area (Å²) in [7, 11) is -0.335. The van der Waals surface area contributed by atoms with Crippen molar-refractivity contribution in [2.45, 2.75) is 45.8 Å². The predicted molar refractivity (Wildman–Crippen MR) is 89.3 cm³/mol. The third-order valence-electron chi connectivity index (χ3n) is 4.26. The Labute approximate surface area is 132 Å². The second-order valence-electron chi connectivity index (χ2n) is 6.62. The third-order valence-corrected chi connectivity index (χ3v) is 4.26. The summed E-state index contributed by atoms with van der Waals surface area (Å²) >= 11 is 0. The second kappa shape index (κ2) is 6.30. The van der Waals surface area contributed by atoms with Crippen molar-refractivity contribution in [2.24, 2.45) is 0 Å². The summed E-state index contributed by atoms with van der Waals surface area (Å²) in [5.41, 5.74) is 1.36. The molecule has 1 aliphatic rings. The average Bonchev–Trinajstić information content (AvgIpc) is 2.64. The molecule has 1 heterocycles. The Morgan fingerprint density at radius 3 is 2.09 bits per heavy atom. The molecule has 0 spiro atoms. The van der Waals surface area contributed by atoms with Crippen LogP contribution in [0.2, 0.25) is 0 Å². The van der Waals surface area contributed by atoms with Gasteiger partial charge in [-0.1, -0.05) is 12.1 Å². The van der Waals surface area contributed by atoms with Crippen molar-refractivity contribution in [2.75, 3.05) is 18.4 Å². The molecule has 6 heteroatoms. The number of carbonyl (C=O) groups excluding carboxylic acids is 1. The fourth-order valence-electron chi connectivity index (χ4n) is 2.18. The fraction of sp³-hybridized carbons (Fsp3) is 0.562. The van der Waals surface area contributed by atoms with Gasteiger partial charge in [-0.05, 0) is 45.3 Å². The highest BCUT2D eigenvalue weighted by Gasteiger charge is 2.51. The number of hydrogen-bond donors (Lipinski definition) is 2. The predicted octanol–water partition coefficient (Wildman–Crippen LogP) is 1.53. The molecule has 1 fully saturated rings. The van der Waals surface area contributed by atoms with Crippen molar-refractivity contribution >= 4 is 24.2 Å². The molecule has 5 nitrogen and oxygen atoms in total. The molecule has 0 radical (unpaired) electrons. The lowest BCUT2D eigenvalue weighted by Gasteiger charge is -2.32. The first-order valence-electron chi connectivity index (χ1n) is 7.65. The summed E-state index contributed by atoms with van der Waals surface area (Å²) in [6, 6.07) is 7.99. The van der Waals surface area contributed by atoms with E-state index in [0.29, 0.717) is 13.1 Å². The molecule has 1 saturated heterocycles. The van der Waals surface area contributed by atoms with E-state index < -0.39 is 0 Å². The van der Waals surface area contributed by atoms with Gasteiger partial charge >= 0.3 is 7.12 Å². The third kappa shape index (κ3) is 3.81. The minimum absolute atomic E-state index is 0.0158. The molecular weight excluding hydrogens is 279 g/mol. The molecule has 120 valence electrons.